The van der Waals surface area contributed by atoms with E-state index in [0.29, 0.717) is 6.61 Å². The van der Waals surface area contributed by atoms with Crippen molar-refractivity contribution in [3.05, 3.63) is 36.7 Å². The molecule has 0 atom stereocenters. The van der Waals surface area contributed by atoms with Crippen LogP contribution < -0.4 is 4.74 Å². The van der Waals surface area contributed by atoms with Gasteiger partial charge in [-0.05, 0) is 25.1 Å². The maximum Gasteiger partial charge on any atom is 0.121 e. The second-order valence-electron chi connectivity index (χ2n) is 3.69. The van der Waals surface area contributed by atoms with Crippen LogP contribution in [0.3, 0.4) is 0 Å². The summed E-state index contributed by atoms with van der Waals surface area (Å²) in [5.74, 6) is 0.898. The fourth-order valence-corrected chi connectivity index (χ4v) is 1.99. The molecule has 0 radical (unpaired) electrons. The first-order valence-corrected chi connectivity index (χ1v) is 5.37. The topological polar surface area (TPSA) is 37.9 Å². The number of hydrogen-bond donors (Lipinski definition) is 1. The van der Waals surface area contributed by atoms with Crippen molar-refractivity contribution in [1.82, 2.24) is 9.97 Å². The zero-order valence-corrected chi connectivity index (χ0v) is 9.03. The molecule has 1 aromatic carbocycles. The number of benzene rings is 1. The number of H-pyrrole nitrogens is 1. The quantitative estimate of drug-likeness (QED) is 0.708. The summed E-state index contributed by atoms with van der Waals surface area (Å²) in [5, 5.41) is 2.41. The summed E-state index contributed by atoms with van der Waals surface area (Å²) in [6, 6.07) is 8.13. The molecule has 0 unspecified atom stereocenters. The number of aromatic amines is 1. The highest BCUT2D eigenvalue weighted by molar-refractivity contribution is 6.07. The van der Waals surface area contributed by atoms with E-state index in [1.54, 1.807) is 0 Å². The molecule has 0 saturated heterocycles. The van der Waals surface area contributed by atoms with E-state index in [4.69, 9.17) is 4.74 Å². The Morgan fingerprint density at radius 3 is 2.94 bits per heavy atom. The van der Waals surface area contributed by atoms with Crippen molar-refractivity contribution in [3.63, 3.8) is 0 Å². The fourth-order valence-electron chi connectivity index (χ4n) is 1.99. The molecule has 0 aliphatic heterocycles. The Kier molecular flexibility index (Phi) is 2.03. The van der Waals surface area contributed by atoms with Crippen LogP contribution in [0.15, 0.2) is 36.7 Å². The summed E-state index contributed by atoms with van der Waals surface area (Å²) < 4.78 is 5.47. The first-order valence-electron chi connectivity index (χ1n) is 5.37. The number of ether oxygens (including phenoxy) is 1. The van der Waals surface area contributed by atoms with Gasteiger partial charge in [0.25, 0.3) is 0 Å². The molecule has 3 nitrogen and oxygen atoms in total. The number of nitrogens with zero attached hydrogens (tertiary/aromatic N) is 1. The molecule has 0 bridgehead atoms. The van der Waals surface area contributed by atoms with Crippen LogP contribution in [0.2, 0.25) is 0 Å². The summed E-state index contributed by atoms with van der Waals surface area (Å²) in [5.41, 5.74) is 2.15. The van der Waals surface area contributed by atoms with Crippen LogP contribution in [-0.2, 0) is 0 Å². The third kappa shape index (κ3) is 1.33. The highest BCUT2D eigenvalue weighted by Crippen LogP contribution is 2.27. The summed E-state index contributed by atoms with van der Waals surface area (Å²) in [6.45, 7) is 2.67. The van der Waals surface area contributed by atoms with Gasteiger partial charge in [0.15, 0.2) is 0 Å². The molecule has 3 aromatic rings. The van der Waals surface area contributed by atoms with Gasteiger partial charge in [-0.2, -0.15) is 0 Å². The second-order valence-corrected chi connectivity index (χ2v) is 3.69. The predicted octanol–water partition coefficient (Wildman–Crippen LogP) is 3.11. The molecular weight excluding hydrogens is 200 g/mol. The third-order valence-corrected chi connectivity index (χ3v) is 2.68. The number of fused-ring (bicyclic) bond motifs is 3. The van der Waals surface area contributed by atoms with Crippen LogP contribution >= 0.6 is 0 Å². The van der Waals surface area contributed by atoms with E-state index in [2.05, 4.69) is 16.0 Å². The van der Waals surface area contributed by atoms with Gasteiger partial charge in [-0.15, -0.1) is 0 Å². The molecular formula is C13H12N2O. The van der Waals surface area contributed by atoms with Gasteiger partial charge in [0.2, 0.25) is 0 Å². The Bertz CT molecular complexity index is 643. The third-order valence-electron chi connectivity index (χ3n) is 2.68. The molecule has 0 saturated carbocycles. The SMILES string of the molecule is CCOc1ccc2c(c1)[nH]c1cnccc12. The summed E-state index contributed by atoms with van der Waals surface area (Å²) in [4.78, 5) is 7.44. The lowest BCUT2D eigenvalue weighted by Crippen LogP contribution is -1.90. The van der Waals surface area contributed by atoms with E-state index in [0.717, 1.165) is 16.8 Å². The van der Waals surface area contributed by atoms with E-state index in [1.807, 2.05) is 37.5 Å². The van der Waals surface area contributed by atoms with Crippen molar-refractivity contribution in [2.75, 3.05) is 6.61 Å². The standard InChI is InChI=1S/C13H12N2O/c1-2-16-9-3-4-10-11-5-6-14-8-13(11)15-12(10)7-9/h3-8,15H,2H2,1H3. The molecule has 2 heterocycles. The van der Waals surface area contributed by atoms with Crippen molar-refractivity contribution >= 4 is 21.8 Å². The lowest BCUT2D eigenvalue weighted by Gasteiger charge is -2.01. The van der Waals surface area contributed by atoms with Crippen molar-refractivity contribution < 1.29 is 4.74 Å². The van der Waals surface area contributed by atoms with Crippen LogP contribution in [0.25, 0.3) is 21.8 Å². The van der Waals surface area contributed by atoms with Crippen LogP contribution in [-0.4, -0.2) is 16.6 Å². The van der Waals surface area contributed by atoms with Gasteiger partial charge in [-0.25, -0.2) is 0 Å². The average molecular weight is 212 g/mol. The lowest BCUT2D eigenvalue weighted by atomic mass is 10.2. The first-order chi connectivity index (χ1) is 7.88. The summed E-state index contributed by atoms with van der Waals surface area (Å²) in [7, 11) is 0. The minimum Gasteiger partial charge on any atom is -0.494 e. The maximum atomic E-state index is 5.47. The van der Waals surface area contributed by atoms with Gasteiger partial charge in [0, 0.05) is 23.0 Å². The van der Waals surface area contributed by atoms with Crippen molar-refractivity contribution in [2.45, 2.75) is 6.92 Å². The summed E-state index contributed by atoms with van der Waals surface area (Å²) in [6.07, 6.45) is 3.65. The Morgan fingerprint density at radius 1 is 1.19 bits per heavy atom. The molecule has 0 fully saturated rings. The normalized spacial score (nSPS) is 11.1. The smallest absolute Gasteiger partial charge is 0.121 e. The summed E-state index contributed by atoms with van der Waals surface area (Å²) >= 11 is 0. The number of rotatable bonds is 2. The zero-order chi connectivity index (χ0) is 11.0. The molecule has 3 rings (SSSR count). The van der Waals surface area contributed by atoms with Crippen LogP contribution in [0, 0.1) is 0 Å². The Hall–Kier alpha value is -2.03. The first kappa shape index (κ1) is 9.21. The number of nitrogens with one attached hydrogen (secondary N) is 1. The minimum atomic E-state index is 0.688. The van der Waals surface area contributed by atoms with Crippen molar-refractivity contribution in [3.8, 4) is 5.75 Å². The largest absolute Gasteiger partial charge is 0.494 e. The van der Waals surface area contributed by atoms with E-state index >= 15 is 0 Å². The molecule has 0 spiro atoms. The van der Waals surface area contributed by atoms with Gasteiger partial charge >= 0.3 is 0 Å². The fraction of sp³-hybridized carbons (Fsp3) is 0.154. The zero-order valence-electron chi connectivity index (χ0n) is 9.03. The Labute approximate surface area is 93.1 Å². The number of aromatic nitrogens is 2. The lowest BCUT2D eigenvalue weighted by molar-refractivity contribution is 0.340. The van der Waals surface area contributed by atoms with Crippen LogP contribution in [0.1, 0.15) is 6.92 Å². The van der Waals surface area contributed by atoms with E-state index in [9.17, 15) is 0 Å². The van der Waals surface area contributed by atoms with Crippen LogP contribution in [0.4, 0.5) is 0 Å². The van der Waals surface area contributed by atoms with Gasteiger partial charge in [-0.3, -0.25) is 4.98 Å². The van der Waals surface area contributed by atoms with Gasteiger partial charge < -0.3 is 9.72 Å². The van der Waals surface area contributed by atoms with Crippen LogP contribution in [0.5, 0.6) is 5.75 Å². The molecule has 3 heteroatoms. The van der Waals surface area contributed by atoms with Gasteiger partial charge in [-0.1, -0.05) is 0 Å². The minimum absolute atomic E-state index is 0.688. The average Bonchev–Trinajstić information content (AvgIpc) is 2.67. The monoisotopic (exact) mass is 212 g/mol. The Balaban J connectivity index is 2.28. The van der Waals surface area contributed by atoms with Crippen molar-refractivity contribution in [1.29, 1.82) is 0 Å². The molecule has 0 aliphatic rings. The molecule has 1 N–H and O–H groups in total. The number of pyridine rings is 1. The molecule has 0 amide bonds. The molecule has 2 aromatic heterocycles. The van der Waals surface area contributed by atoms with Gasteiger partial charge in [0.1, 0.15) is 5.75 Å². The Morgan fingerprint density at radius 2 is 2.06 bits per heavy atom. The van der Waals surface area contributed by atoms with Gasteiger partial charge in [0.05, 0.1) is 23.8 Å². The maximum absolute atomic E-state index is 5.47. The molecule has 80 valence electrons. The van der Waals surface area contributed by atoms with E-state index in [1.165, 1.54) is 10.8 Å². The molecule has 16 heavy (non-hydrogen) atoms. The van der Waals surface area contributed by atoms with Crippen molar-refractivity contribution in [2.24, 2.45) is 0 Å². The molecule has 0 aliphatic carbocycles. The van der Waals surface area contributed by atoms with E-state index in [-0.39, 0.29) is 0 Å². The number of hydrogen-bond acceptors (Lipinski definition) is 2. The predicted molar refractivity (Wildman–Crippen MR) is 64.8 cm³/mol. The van der Waals surface area contributed by atoms with E-state index < -0.39 is 0 Å². The second kappa shape index (κ2) is 3.52. The highest BCUT2D eigenvalue weighted by atomic mass is 16.5. The highest BCUT2D eigenvalue weighted by Gasteiger charge is 2.04.